The zero-order chi connectivity index (χ0) is 13.4. The van der Waals surface area contributed by atoms with Gasteiger partial charge in [-0.05, 0) is 13.8 Å². The Morgan fingerprint density at radius 2 is 1.50 bits per heavy atom. The highest BCUT2D eigenvalue weighted by Gasteiger charge is 2.64. The Kier molecular flexibility index (Phi) is 3.91. The van der Waals surface area contributed by atoms with E-state index in [9.17, 15) is 35.2 Å². The van der Waals surface area contributed by atoms with Crippen molar-refractivity contribution < 1.29 is 35.2 Å². The fraction of sp³-hybridized carbons (Fsp3) is 0.833. The van der Waals surface area contributed by atoms with Gasteiger partial charge in [0.15, 0.2) is 0 Å². The maximum absolute atomic E-state index is 12.3. The second kappa shape index (κ2) is 4.15. The van der Waals surface area contributed by atoms with E-state index in [1.165, 1.54) is 0 Å². The average molecular weight is 269 g/mol. The van der Waals surface area contributed by atoms with E-state index in [0.717, 1.165) is 13.8 Å². The van der Waals surface area contributed by atoms with Gasteiger partial charge in [-0.1, -0.05) is 0 Å². The predicted octanol–water partition coefficient (Wildman–Crippen LogP) is 1.04. The molecule has 0 saturated heterocycles. The topological polar surface area (TPSA) is 63.2 Å². The van der Waals surface area contributed by atoms with E-state index >= 15 is 0 Å². The highest BCUT2D eigenvalue weighted by atomic mass is 32.2. The van der Waals surface area contributed by atoms with Gasteiger partial charge in [0.1, 0.15) is 0 Å². The molecule has 10 heteroatoms. The molecule has 0 bridgehead atoms. The summed E-state index contributed by atoms with van der Waals surface area (Å²) >= 11 is 0. The van der Waals surface area contributed by atoms with E-state index in [4.69, 9.17) is 0 Å². The summed E-state index contributed by atoms with van der Waals surface area (Å²) in [6.45, 7) is 2.03. The van der Waals surface area contributed by atoms with Crippen LogP contribution in [0.4, 0.5) is 22.0 Å². The number of alkyl halides is 5. The van der Waals surface area contributed by atoms with Gasteiger partial charge in [0, 0.05) is 0 Å². The molecule has 0 atom stereocenters. The van der Waals surface area contributed by atoms with Gasteiger partial charge in [0.2, 0.25) is 10.0 Å². The highest BCUT2D eigenvalue weighted by molar-refractivity contribution is 7.90. The zero-order valence-electron chi connectivity index (χ0n) is 8.10. The van der Waals surface area contributed by atoms with Crippen LogP contribution in [-0.2, 0) is 14.8 Å². The Labute approximate surface area is 87.9 Å². The van der Waals surface area contributed by atoms with E-state index < -0.39 is 33.3 Å². The van der Waals surface area contributed by atoms with Crippen LogP contribution >= 0.6 is 0 Å². The number of rotatable bonds is 3. The van der Waals surface area contributed by atoms with Crippen molar-refractivity contribution in [2.75, 3.05) is 0 Å². The molecule has 0 aromatic heterocycles. The van der Waals surface area contributed by atoms with Crippen molar-refractivity contribution >= 4 is 15.9 Å². The molecule has 16 heavy (non-hydrogen) atoms. The van der Waals surface area contributed by atoms with Crippen LogP contribution < -0.4 is 4.72 Å². The number of carbonyl (C=O) groups is 1. The first kappa shape index (κ1) is 15.1. The van der Waals surface area contributed by atoms with E-state index in [1.54, 1.807) is 0 Å². The third-order valence-corrected chi connectivity index (χ3v) is 3.21. The summed E-state index contributed by atoms with van der Waals surface area (Å²) in [7, 11) is -4.52. The Balaban J connectivity index is 5.01. The number of hydrogen-bond acceptors (Lipinski definition) is 3. The lowest BCUT2D eigenvalue weighted by Gasteiger charge is -2.19. The minimum Gasteiger partial charge on any atom is -0.267 e. The molecule has 0 aliphatic heterocycles. The van der Waals surface area contributed by atoms with E-state index in [2.05, 4.69) is 0 Å². The van der Waals surface area contributed by atoms with Crippen LogP contribution in [0.2, 0.25) is 0 Å². The third kappa shape index (κ3) is 3.03. The van der Waals surface area contributed by atoms with Crippen LogP contribution in [-0.4, -0.2) is 31.7 Å². The highest BCUT2D eigenvalue weighted by Crippen LogP contribution is 2.35. The minimum atomic E-state index is -6.14. The van der Waals surface area contributed by atoms with Crippen LogP contribution in [0.1, 0.15) is 13.8 Å². The van der Waals surface area contributed by atoms with Crippen molar-refractivity contribution in [2.45, 2.75) is 31.2 Å². The molecule has 0 heterocycles. The fourth-order valence-electron chi connectivity index (χ4n) is 0.440. The summed E-state index contributed by atoms with van der Waals surface area (Å²) in [5.41, 5.74) is 0. The number of amides is 1. The standard InChI is InChI=1S/C6H8F5NO3S/c1-3(2)16(14,15)12-4(13)5(7,8)6(9,10)11/h3H,1-2H3,(H,12,13). The molecule has 0 aromatic carbocycles. The SMILES string of the molecule is CC(C)S(=O)(=O)NC(=O)C(F)(F)C(F)(F)F. The number of sulfonamides is 1. The summed E-state index contributed by atoms with van der Waals surface area (Å²) in [6.07, 6.45) is -6.14. The fourth-order valence-corrected chi connectivity index (χ4v) is 1.06. The first-order chi connectivity index (χ1) is 6.82. The average Bonchev–Trinajstić information content (AvgIpc) is 2.00. The lowest BCUT2D eigenvalue weighted by molar-refractivity contribution is -0.268. The Bertz CT molecular complexity index is 372. The zero-order valence-corrected chi connectivity index (χ0v) is 8.92. The van der Waals surface area contributed by atoms with Crippen molar-refractivity contribution in [3.8, 4) is 0 Å². The Morgan fingerprint density at radius 3 is 1.75 bits per heavy atom. The monoisotopic (exact) mass is 269 g/mol. The molecule has 0 aliphatic rings. The number of carbonyl (C=O) groups excluding carboxylic acids is 1. The van der Waals surface area contributed by atoms with Crippen molar-refractivity contribution in [3.63, 3.8) is 0 Å². The van der Waals surface area contributed by atoms with Crippen LogP contribution in [0, 0.1) is 0 Å². The van der Waals surface area contributed by atoms with Crippen molar-refractivity contribution in [1.82, 2.24) is 4.72 Å². The number of nitrogens with one attached hydrogen (secondary N) is 1. The minimum absolute atomic E-state index is 0.666. The van der Waals surface area contributed by atoms with Gasteiger partial charge in [-0.15, -0.1) is 0 Å². The lowest BCUT2D eigenvalue weighted by atomic mass is 10.3. The van der Waals surface area contributed by atoms with Crippen LogP contribution in [0.25, 0.3) is 0 Å². The van der Waals surface area contributed by atoms with Gasteiger partial charge in [-0.3, -0.25) is 4.79 Å². The van der Waals surface area contributed by atoms with Crippen molar-refractivity contribution in [3.05, 3.63) is 0 Å². The summed E-state index contributed by atoms with van der Waals surface area (Å²) in [5, 5.41) is -1.31. The molecule has 0 rings (SSSR count). The molecule has 0 unspecified atom stereocenters. The van der Waals surface area contributed by atoms with Crippen molar-refractivity contribution in [2.24, 2.45) is 0 Å². The molecule has 0 radical (unpaired) electrons. The van der Waals surface area contributed by atoms with Crippen LogP contribution in [0.3, 0.4) is 0 Å². The lowest BCUT2D eigenvalue weighted by Crippen LogP contribution is -2.52. The van der Waals surface area contributed by atoms with Crippen LogP contribution in [0.15, 0.2) is 0 Å². The molecule has 1 amide bonds. The van der Waals surface area contributed by atoms with Gasteiger partial charge in [0.25, 0.3) is 0 Å². The maximum atomic E-state index is 12.3. The Hall–Kier alpha value is -0.930. The molecule has 0 aromatic rings. The van der Waals surface area contributed by atoms with Gasteiger partial charge < -0.3 is 0 Å². The molecular formula is C6H8F5NO3S. The predicted molar refractivity (Wildman–Crippen MR) is 43.2 cm³/mol. The summed E-state index contributed by atoms with van der Waals surface area (Å²) in [6, 6.07) is 0. The van der Waals surface area contributed by atoms with Gasteiger partial charge >= 0.3 is 18.0 Å². The smallest absolute Gasteiger partial charge is 0.267 e. The first-order valence-corrected chi connectivity index (χ1v) is 5.37. The Morgan fingerprint density at radius 1 is 1.12 bits per heavy atom. The molecule has 0 spiro atoms. The normalized spacial score (nSPS) is 14.0. The van der Waals surface area contributed by atoms with Gasteiger partial charge in [-0.25, -0.2) is 13.1 Å². The van der Waals surface area contributed by atoms with E-state index in [1.807, 2.05) is 0 Å². The molecule has 4 nitrogen and oxygen atoms in total. The summed E-state index contributed by atoms with van der Waals surface area (Å²) in [5.74, 6) is -8.65. The maximum Gasteiger partial charge on any atom is 0.463 e. The quantitative estimate of drug-likeness (QED) is 0.778. The molecule has 96 valence electrons. The summed E-state index contributed by atoms with van der Waals surface area (Å²) in [4.78, 5) is 10.5. The molecule has 0 saturated carbocycles. The van der Waals surface area contributed by atoms with Gasteiger partial charge in [-0.2, -0.15) is 22.0 Å². The summed E-state index contributed by atoms with van der Waals surface area (Å²) < 4.78 is 82.0. The second-order valence-corrected chi connectivity index (χ2v) is 5.33. The van der Waals surface area contributed by atoms with Crippen molar-refractivity contribution in [1.29, 1.82) is 0 Å². The van der Waals surface area contributed by atoms with E-state index in [-0.39, 0.29) is 0 Å². The van der Waals surface area contributed by atoms with Gasteiger partial charge in [0.05, 0.1) is 5.25 Å². The second-order valence-electron chi connectivity index (χ2n) is 3.10. The molecular weight excluding hydrogens is 261 g/mol. The molecule has 1 N–H and O–H groups in total. The van der Waals surface area contributed by atoms with E-state index in [0.29, 0.717) is 4.72 Å². The largest absolute Gasteiger partial charge is 0.463 e. The number of halogens is 5. The molecule has 0 aliphatic carbocycles. The van der Waals surface area contributed by atoms with Crippen LogP contribution in [0.5, 0.6) is 0 Å². The number of hydrogen-bond donors (Lipinski definition) is 1. The molecule has 0 fully saturated rings. The third-order valence-electron chi connectivity index (χ3n) is 1.50. The first-order valence-electron chi connectivity index (χ1n) is 3.83.